The molecule has 1 amide bonds. The van der Waals surface area contributed by atoms with Gasteiger partial charge in [-0.3, -0.25) is 4.79 Å². The van der Waals surface area contributed by atoms with Crippen molar-refractivity contribution in [2.75, 3.05) is 27.4 Å². The lowest BCUT2D eigenvalue weighted by Crippen LogP contribution is -2.22. The summed E-state index contributed by atoms with van der Waals surface area (Å²) in [5.41, 5.74) is 1.42. The molecule has 1 N–H and O–H groups in total. The first kappa shape index (κ1) is 19.4. The minimum atomic E-state index is -0.196. The molecular weight excluding hydrogens is 334 g/mol. The van der Waals surface area contributed by atoms with Gasteiger partial charge in [0.25, 0.3) is 5.91 Å². The zero-order chi connectivity index (χ0) is 18.9. The van der Waals surface area contributed by atoms with E-state index in [1.807, 2.05) is 32.0 Å². The number of nitrogens with one attached hydrogen (secondary N) is 1. The highest BCUT2D eigenvalue weighted by Crippen LogP contribution is 2.29. The predicted octanol–water partition coefficient (Wildman–Crippen LogP) is 3.43. The maximum absolute atomic E-state index is 12.4. The molecule has 0 radical (unpaired) electrons. The van der Waals surface area contributed by atoms with Crippen molar-refractivity contribution in [1.82, 2.24) is 5.32 Å². The standard InChI is InChI=1S/C20H25NO5/c1-5-25-17-9-7-14(11-19(17)26-6-2)13-21-20(22)15-8-10-16(23-3)18(12-15)24-4/h7-12H,5-6,13H2,1-4H3,(H,21,22). The van der Waals surface area contributed by atoms with Gasteiger partial charge in [0.15, 0.2) is 23.0 Å². The molecule has 2 rings (SSSR count). The van der Waals surface area contributed by atoms with Crippen LogP contribution < -0.4 is 24.3 Å². The Hall–Kier alpha value is -2.89. The third-order valence-corrected chi connectivity index (χ3v) is 3.71. The van der Waals surface area contributed by atoms with Crippen LogP contribution in [0.3, 0.4) is 0 Å². The van der Waals surface area contributed by atoms with E-state index in [1.165, 1.54) is 7.11 Å². The van der Waals surface area contributed by atoms with E-state index in [4.69, 9.17) is 18.9 Å². The quantitative estimate of drug-likeness (QED) is 0.743. The van der Waals surface area contributed by atoms with Gasteiger partial charge in [-0.05, 0) is 49.7 Å². The maximum atomic E-state index is 12.4. The summed E-state index contributed by atoms with van der Waals surface area (Å²) in [6.07, 6.45) is 0. The van der Waals surface area contributed by atoms with E-state index >= 15 is 0 Å². The van der Waals surface area contributed by atoms with Crippen LogP contribution in [0.25, 0.3) is 0 Å². The molecule has 0 aliphatic heterocycles. The van der Waals surface area contributed by atoms with Gasteiger partial charge in [-0.1, -0.05) is 6.07 Å². The average molecular weight is 359 g/mol. The van der Waals surface area contributed by atoms with E-state index in [9.17, 15) is 4.79 Å². The van der Waals surface area contributed by atoms with Crippen LogP contribution in [-0.2, 0) is 6.54 Å². The number of hydrogen-bond donors (Lipinski definition) is 1. The molecule has 0 spiro atoms. The molecule has 6 heteroatoms. The molecule has 0 aliphatic rings. The normalized spacial score (nSPS) is 10.2. The molecule has 0 unspecified atom stereocenters. The predicted molar refractivity (Wildman–Crippen MR) is 99.5 cm³/mol. The minimum absolute atomic E-state index is 0.196. The van der Waals surface area contributed by atoms with E-state index in [0.717, 1.165) is 5.56 Å². The molecular formula is C20H25NO5. The van der Waals surface area contributed by atoms with Crippen molar-refractivity contribution in [3.8, 4) is 23.0 Å². The number of methoxy groups -OCH3 is 2. The highest BCUT2D eigenvalue weighted by Gasteiger charge is 2.11. The summed E-state index contributed by atoms with van der Waals surface area (Å²) >= 11 is 0. The smallest absolute Gasteiger partial charge is 0.251 e. The Balaban J connectivity index is 2.08. The number of rotatable bonds is 9. The molecule has 0 fully saturated rings. The molecule has 26 heavy (non-hydrogen) atoms. The number of carbonyl (C=O) groups excluding carboxylic acids is 1. The van der Waals surface area contributed by atoms with Gasteiger partial charge in [-0.15, -0.1) is 0 Å². The second kappa shape index (κ2) is 9.56. The topological polar surface area (TPSA) is 66.0 Å². The molecule has 0 atom stereocenters. The van der Waals surface area contributed by atoms with Crippen molar-refractivity contribution >= 4 is 5.91 Å². The third-order valence-electron chi connectivity index (χ3n) is 3.71. The number of hydrogen-bond acceptors (Lipinski definition) is 5. The Morgan fingerprint density at radius 1 is 0.846 bits per heavy atom. The van der Waals surface area contributed by atoms with Crippen LogP contribution in [0, 0.1) is 0 Å². The van der Waals surface area contributed by atoms with Crippen molar-refractivity contribution < 1.29 is 23.7 Å². The van der Waals surface area contributed by atoms with Crippen molar-refractivity contribution in [2.24, 2.45) is 0 Å². The number of benzene rings is 2. The fourth-order valence-corrected chi connectivity index (χ4v) is 2.47. The fraction of sp³-hybridized carbons (Fsp3) is 0.350. The van der Waals surface area contributed by atoms with Gasteiger partial charge in [0.2, 0.25) is 0 Å². The molecule has 0 aromatic heterocycles. The van der Waals surface area contributed by atoms with Gasteiger partial charge in [-0.25, -0.2) is 0 Å². The average Bonchev–Trinajstić information content (AvgIpc) is 2.67. The van der Waals surface area contributed by atoms with Crippen LogP contribution in [0.4, 0.5) is 0 Å². The van der Waals surface area contributed by atoms with Crippen LogP contribution in [0.1, 0.15) is 29.8 Å². The van der Waals surface area contributed by atoms with Gasteiger partial charge in [0.05, 0.1) is 27.4 Å². The molecule has 2 aromatic carbocycles. The highest BCUT2D eigenvalue weighted by atomic mass is 16.5. The summed E-state index contributed by atoms with van der Waals surface area (Å²) in [5.74, 6) is 2.27. The number of amides is 1. The summed E-state index contributed by atoms with van der Waals surface area (Å²) in [5, 5.41) is 2.89. The molecule has 140 valence electrons. The first-order valence-corrected chi connectivity index (χ1v) is 8.51. The Kier molecular flexibility index (Phi) is 7.14. The van der Waals surface area contributed by atoms with Gasteiger partial charge in [0.1, 0.15) is 0 Å². The Bertz CT molecular complexity index is 745. The summed E-state index contributed by atoms with van der Waals surface area (Å²) in [6.45, 7) is 5.32. The van der Waals surface area contributed by atoms with Gasteiger partial charge in [0, 0.05) is 12.1 Å². The van der Waals surface area contributed by atoms with Crippen molar-refractivity contribution in [1.29, 1.82) is 0 Å². The van der Waals surface area contributed by atoms with E-state index in [2.05, 4.69) is 5.32 Å². The Morgan fingerprint density at radius 2 is 1.50 bits per heavy atom. The van der Waals surface area contributed by atoms with Crippen molar-refractivity contribution in [3.63, 3.8) is 0 Å². The SMILES string of the molecule is CCOc1ccc(CNC(=O)c2ccc(OC)c(OC)c2)cc1OCC. The third kappa shape index (κ3) is 4.81. The zero-order valence-electron chi connectivity index (χ0n) is 15.6. The van der Waals surface area contributed by atoms with E-state index in [0.29, 0.717) is 48.3 Å². The lowest BCUT2D eigenvalue weighted by molar-refractivity contribution is 0.0950. The summed E-state index contributed by atoms with van der Waals surface area (Å²) in [6, 6.07) is 10.7. The molecule has 0 saturated heterocycles. The first-order valence-electron chi connectivity index (χ1n) is 8.51. The zero-order valence-corrected chi connectivity index (χ0v) is 15.6. The monoisotopic (exact) mass is 359 g/mol. The molecule has 0 aliphatic carbocycles. The maximum Gasteiger partial charge on any atom is 0.251 e. The first-order chi connectivity index (χ1) is 12.6. The highest BCUT2D eigenvalue weighted by molar-refractivity contribution is 5.94. The molecule has 0 saturated carbocycles. The van der Waals surface area contributed by atoms with Crippen LogP contribution >= 0.6 is 0 Å². The van der Waals surface area contributed by atoms with Crippen molar-refractivity contribution in [3.05, 3.63) is 47.5 Å². The van der Waals surface area contributed by atoms with Gasteiger partial charge >= 0.3 is 0 Å². The molecule has 2 aromatic rings. The van der Waals surface area contributed by atoms with Gasteiger partial charge in [-0.2, -0.15) is 0 Å². The summed E-state index contributed by atoms with van der Waals surface area (Å²) < 4.78 is 21.6. The summed E-state index contributed by atoms with van der Waals surface area (Å²) in [7, 11) is 3.09. The largest absolute Gasteiger partial charge is 0.493 e. The van der Waals surface area contributed by atoms with Crippen LogP contribution in [0.5, 0.6) is 23.0 Å². The number of ether oxygens (including phenoxy) is 4. The molecule has 6 nitrogen and oxygen atoms in total. The van der Waals surface area contributed by atoms with E-state index < -0.39 is 0 Å². The van der Waals surface area contributed by atoms with Crippen LogP contribution in [0.15, 0.2) is 36.4 Å². The number of carbonyl (C=O) groups is 1. The Labute approximate surface area is 154 Å². The fourth-order valence-electron chi connectivity index (χ4n) is 2.47. The molecule has 0 heterocycles. The van der Waals surface area contributed by atoms with Crippen LogP contribution in [-0.4, -0.2) is 33.3 Å². The summed E-state index contributed by atoms with van der Waals surface area (Å²) in [4.78, 5) is 12.4. The molecule has 0 bridgehead atoms. The van der Waals surface area contributed by atoms with Gasteiger partial charge < -0.3 is 24.3 Å². The van der Waals surface area contributed by atoms with Crippen molar-refractivity contribution in [2.45, 2.75) is 20.4 Å². The van der Waals surface area contributed by atoms with Crippen LogP contribution in [0.2, 0.25) is 0 Å². The van der Waals surface area contributed by atoms with E-state index in [-0.39, 0.29) is 5.91 Å². The lowest BCUT2D eigenvalue weighted by atomic mass is 10.1. The van der Waals surface area contributed by atoms with E-state index in [1.54, 1.807) is 25.3 Å². The Morgan fingerprint density at radius 3 is 2.15 bits per heavy atom. The second-order valence-corrected chi connectivity index (χ2v) is 5.40. The lowest BCUT2D eigenvalue weighted by Gasteiger charge is -2.13. The minimum Gasteiger partial charge on any atom is -0.493 e. The second-order valence-electron chi connectivity index (χ2n) is 5.40.